The van der Waals surface area contributed by atoms with Gasteiger partial charge in [0, 0.05) is 19.2 Å². The van der Waals surface area contributed by atoms with Gasteiger partial charge in [-0.2, -0.15) is 0 Å². The van der Waals surface area contributed by atoms with Gasteiger partial charge in [0.05, 0.1) is 25.7 Å². The van der Waals surface area contributed by atoms with E-state index in [4.69, 9.17) is 14.6 Å². The molecule has 0 fully saturated rings. The molecule has 1 rings (SSSR count). The molecule has 0 unspecified atom stereocenters. The number of hydrogen-bond donors (Lipinski definition) is 3. The van der Waals surface area contributed by atoms with E-state index in [2.05, 4.69) is 17.6 Å². The van der Waals surface area contributed by atoms with Crippen molar-refractivity contribution in [2.75, 3.05) is 40.4 Å². The number of benzene rings is 1. The molecule has 0 aliphatic carbocycles. The van der Waals surface area contributed by atoms with Gasteiger partial charge in [0.2, 0.25) is 0 Å². The number of nitrogens with zero attached hydrogens (tertiary/aromatic N) is 1. The molecule has 2 amide bonds. The van der Waals surface area contributed by atoms with Gasteiger partial charge >= 0.3 is 12.0 Å². The number of carbonyl (C=O) groups excluding carboxylic acids is 1. The van der Waals surface area contributed by atoms with Crippen LogP contribution in [0.4, 0.5) is 4.79 Å². The third-order valence-corrected chi connectivity index (χ3v) is 4.54. The molecular formula is C23H39N3O5. The molecule has 1 aromatic rings. The quantitative estimate of drug-likeness (QED) is 0.323. The number of carbonyl (C=O) groups is 2. The topological polar surface area (TPSA) is 100 Å². The SMILES string of the molecule is CCCCCCOc1cccc(OCCCCNC(=O)N[C@H](CC(=O)O)CN(C)C)c1. The Hall–Kier alpha value is -2.48. The summed E-state index contributed by atoms with van der Waals surface area (Å²) in [4.78, 5) is 24.7. The van der Waals surface area contributed by atoms with Gasteiger partial charge in [-0.1, -0.05) is 32.3 Å². The summed E-state index contributed by atoms with van der Waals surface area (Å²) >= 11 is 0. The van der Waals surface area contributed by atoms with Gasteiger partial charge in [0.1, 0.15) is 11.5 Å². The lowest BCUT2D eigenvalue weighted by Crippen LogP contribution is -2.47. The van der Waals surface area contributed by atoms with Crippen LogP contribution in [0.25, 0.3) is 0 Å². The maximum Gasteiger partial charge on any atom is 0.315 e. The Bertz CT molecular complexity index is 639. The Morgan fingerprint density at radius 3 is 2.26 bits per heavy atom. The molecule has 1 atom stereocenters. The minimum absolute atomic E-state index is 0.110. The standard InChI is InChI=1S/C23H39N3O5/c1-4-5-6-8-14-30-20-11-10-12-21(17-20)31-15-9-7-13-24-23(29)25-19(16-22(27)28)18-26(2)3/h10-12,17,19H,4-9,13-16,18H2,1-3H3,(H,27,28)(H2,24,25,29)/t19-/m1/s1. The van der Waals surface area contributed by atoms with Crippen LogP contribution in [0.15, 0.2) is 24.3 Å². The first kappa shape index (κ1) is 26.6. The number of amides is 2. The van der Waals surface area contributed by atoms with Crippen LogP contribution in [-0.4, -0.2) is 68.4 Å². The molecule has 0 heterocycles. The molecule has 0 saturated heterocycles. The van der Waals surface area contributed by atoms with Crippen LogP contribution in [0.2, 0.25) is 0 Å². The number of likely N-dealkylation sites (N-methyl/N-ethyl adjacent to an activating group) is 1. The van der Waals surface area contributed by atoms with E-state index < -0.39 is 12.0 Å². The van der Waals surface area contributed by atoms with Crippen molar-refractivity contribution in [1.82, 2.24) is 15.5 Å². The molecule has 0 bridgehead atoms. The lowest BCUT2D eigenvalue weighted by molar-refractivity contribution is -0.137. The van der Waals surface area contributed by atoms with E-state index in [1.54, 1.807) is 0 Å². The van der Waals surface area contributed by atoms with E-state index in [1.807, 2.05) is 43.3 Å². The number of rotatable bonds is 17. The fourth-order valence-corrected chi connectivity index (χ4v) is 3.04. The molecule has 3 N–H and O–H groups in total. The van der Waals surface area contributed by atoms with Gasteiger partial charge in [0.25, 0.3) is 0 Å². The average molecular weight is 438 g/mol. The number of urea groups is 1. The highest BCUT2D eigenvalue weighted by Gasteiger charge is 2.16. The van der Waals surface area contributed by atoms with Crippen LogP contribution < -0.4 is 20.1 Å². The number of aliphatic carboxylic acids is 1. The number of carboxylic acids is 1. The van der Waals surface area contributed by atoms with Gasteiger partial charge in [-0.25, -0.2) is 4.79 Å². The molecular weight excluding hydrogens is 398 g/mol. The summed E-state index contributed by atoms with van der Waals surface area (Å²) in [5.41, 5.74) is 0. The molecule has 0 aliphatic rings. The summed E-state index contributed by atoms with van der Waals surface area (Å²) in [6, 6.07) is 6.88. The smallest absolute Gasteiger partial charge is 0.315 e. The predicted molar refractivity (Wildman–Crippen MR) is 122 cm³/mol. The number of carboxylic acid groups (broad SMARTS) is 1. The van der Waals surface area contributed by atoms with Crippen molar-refractivity contribution in [2.24, 2.45) is 0 Å². The average Bonchev–Trinajstić information content (AvgIpc) is 2.69. The minimum Gasteiger partial charge on any atom is -0.493 e. The number of hydrogen-bond acceptors (Lipinski definition) is 5. The van der Waals surface area contributed by atoms with Crippen LogP contribution in [-0.2, 0) is 4.79 Å². The zero-order valence-corrected chi connectivity index (χ0v) is 19.2. The Labute approximate surface area is 186 Å². The lowest BCUT2D eigenvalue weighted by Gasteiger charge is -2.21. The largest absolute Gasteiger partial charge is 0.493 e. The van der Waals surface area contributed by atoms with Crippen molar-refractivity contribution in [1.29, 1.82) is 0 Å². The van der Waals surface area contributed by atoms with E-state index in [0.29, 0.717) is 19.7 Å². The molecule has 0 spiro atoms. The van der Waals surface area contributed by atoms with Crippen LogP contribution in [0.3, 0.4) is 0 Å². The van der Waals surface area contributed by atoms with Gasteiger partial charge in [-0.05, 0) is 45.5 Å². The first-order chi connectivity index (χ1) is 14.9. The van der Waals surface area contributed by atoms with E-state index in [1.165, 1.54) is 19.3 Å². The van der Waals surface area contributed by atoms with Gasteiger partial charge in [-0.15, -0.1) is 0 Å². The molecule has 0 aliphatic heterocycles. The van der Waals surface area contributed by atoms with Gasteiger partial charge in [0.15, 0.2) is 0 Å². The van der Waals surface area contributed by atoms with Crippen molar-refractivity contribution >= 4 is 12.0 Å². The van der Waals surface area contributed by atoms with Crippen LogP contribution >= 0.6 is 0 Å². The summed E-state index contributed by atoms with van der Waals surface area (Å²) in [5.74, 6) is 0.660. The second kappa shape index (κ2) is 16.2. The van der Waals surface area contributed by atoms with Crippen molar-refractivity contribution < 1.29 is 24.2 Å². The highest BCUT2D eigenvalue weighted by molar-refractivity contribution is 5.75. The molecule has 0 radical (unpaired) electrons. The second-order valence-electron chi connectivity index (χ2n) is 7.90. The zero-order valence-electron chi connectivity index (χ0n) is 19.2. The molecule has 8 nitrogen and oxygen atoms in total. The Morgan fingerprint density at radius 1 is 1.03 bits per heavy atom. The van der Waals surface area contributed by atoms with E-state index in [0.717, 1.165) is 37.4 Å². The van der Waals surface area contributed by atoms with Gasteiger partial charge < -0.3 is 30.1 Å². The second-order valence-corrected chi connectivity index (χ2v) is 7.90. The lowest BCUT2D eigenvalue weighted by atomic mass is 10.2. The van der Waals surface area contributed by atoms with Crippen molar-refractivity contribution in [3.05, 3.63) is 24.3 Å². The Morgan fingerprint density at radius 2 is 1.68 bits per heavy atom. The van der Waals surface area contributed by atoms with E-state index in [9.17, 15) is 9.59 Å². The minimum atomic E-state index is -0.935. The first-order valence-electron chi connectivity index (χ1n) is 11.2. The van der Waals surface area contributed by atoms with Crippen LogP contribution in [0.5, 0.6) is 11.5 Å². The van der Waals surface area contributed by atoms with Crippen molar-refractivity contribution in [3.8, 4) is 11.5 Å². The van der Waals surface area contributed by atoms with Crippen LogP contribution in [0, 0.1) is 0 Å². The molecule has 0 saturated carbocycles. The highest BCUT2D eigenvalue weighted by Crippen LogP contribution is 2.20. The molecule has 8 heteroatoms. The van der Waals surface area contributed by atoms with Gasteiger partial charge in [-0.3, -0.25) is 4.79 Å². The fourth-order valence-electron chi connectivity index (χ4n) is 3.04. The summed E-state index contributed by atoms with van der Waals surface area (Å²) in [6.07, 6.45) is 6.14. The number of ether oxygens (including phenoxy) is 2. The van der Waals surface area contributed by atoms with Crippen LogP contribution in [0.1, 0.15) is 51.9 Å². The number of nitrogens with one attached hydrogen (secondary N) is 2. The number of unbranched alkanes of at least 4 members (excludes halogenated alkanes) is 4. The first-order valence-corrected chi connectivity index (χ1v) is 11.2. The predicted octanol–water partition coefficient (Wildman–Crippen LogP) is 3.51. The summed E-state index contributed by atoms with van der Waals surface area (Å²) < 4.78 is 11.5. The Balaban J connectivity index is 2.19. The summed E-state index contributed by atoms with van der Waals surface area (Å²) in [7, 11) is 3.67. The maximum atomic E-state index is 12.0. The fraction of sp³-hybridized carbons (Fsp3) is 0.652. The molecule has 176 valence electrons. The van der Waals surface area contributed by atoms with E-state index >= 15 is 0 Å². The van der Waals surface area contributed by atoms with Crippen molar-refractivity contribution in [3.63, 3.8) is 0 Å². The third-order valence-electron chi connectivity index (χ3n) is 4.54. The molecule has 1 aromatic carbocycles. The summed E-state index contributed by atoms with van der Waals surface area (Å²) in [6.45, 7) is 4.42. The maximum absolute atomic E-state index is 12.0. The normalized spacial score (nSPS) is 11.7. The van der Waals surface area contributed by atoms with E-state index in [-0.39, 0.29) is 12.5 Å². The third kappa shape index (κ3) is 14.2. The Kier molecular flexibility index (Phi) is 13.9. The highest BCUT2D eigenvalue weighted by atomic mass is 16.5. The van der Waals surface area contributed by atoms with Crippen molar-refractivity contribution in [2.45, 2.75) is 57.9 Å². The zero-order chi connectivity index (χ0) is 22.9. The molecule has 31 heavy (non-hydrogen) atoms. The molecule has 0 aromatic heterocycles. The monoisotopic (exact) mass is 437 g/mol. The summed E-state index contributed by atoms with van der Waals surface area (Å²) in [5, 5.41) is 14.4.